The second kappa shape index (κ2) is 23.0. The average Bonchev–Trinajstić information content (AvgIpc) is 2.77. The van der Waals surface area contributed by atoms with E-state index < -0.39 is 0 Å². The maximum Gasteiger partial charge on any atom is 0.0874 e. The van der Waals surface area contributed by atoms with Crippen LogP contribution in [0.4, 0.5) is 0 Å². The summed E-state index contributed by atoms with van der Waals surface area (Å²) in [7, 11) is 0. The van der Waals surface area contributed by atoms with Crippen molar-refractivity contribution in [1.82, 2.24) is 19.6 Å². The Morgan fingerprint density at radius 1 is 0.281 bits per heavy atom. The SMILES string of the molecule is N#CCN(CC#N)CCN(CC#N)CC#N.N#CCN(CC#N)CCN(CC#N)CC#N. The van der Waals surface area contributed by atoms with Crippen molar-refractivity contribution >= 4 is 0 Å². The Hall–Kier alpha value is -4.24. The van der Waals surface area contributed by atoms with E-state index in [9.17, 15) is 0 Å². The van der Waals surface area contributed by atoms with Gasteiger partial charge in [-0.2, -0.15) is 42.1 Å². The summed E-state index contributed by atoms with van der Waals surface area (Å²) in [5.41, 5.74) is 0. The van der Waals surface area contributed by atoms with Crippen molar-refractivity contribution in [2.24, 2.45) is 0 Å². The molecule has 32 heavy (non-hydrogen) atoms. The molecule has 0 aliphatic heterocycles. The summed E-state index contributed by atoms with van der Waals surface area (Å²) in [6.07, 6.45) is 0. The average molecular weight is 432 g/mol. The second-order valence-electron chi connectivity index (χ2n) is 6.11. The summed E-state index contributed by atoms with van der Waals surface area (Å²) in [6.45, 7) is 3.47. The third-order valence-electron chi connectivity index (χ3n) is 3.82. The molecule has 0 fully saturated rings. The predicted molar refractivity (Wildman–Crippen MR) is 111 cm³/mol. The minimum Gasteiger partial charge on any atom is -0.276 e. The highest BCUT2D eigenvalue weighted by atomic mass is 15.2. The molecule has 0 amide bonds. The normalized spacial score (nSPS) is 9.12. The number of hydrogen-bond acceptors (Lipinski definition) is 12. The van der Waals surface area contributed by atoms with E-state index in [1.54, 1.807) is 19.6 Å². The van der Waals surface area contributed by atoms with Crippen LogP contribution in [-0.4, -0.2) is 98.1 Å². The Morgan fingerprint density at radius 3 is 0.500 bits per heavy atom. The molecule has 0 heterocycles. The third-order valence-corrected chi connectivity index (χ3v) is 3.82. The number of rotatable bonds is 14. The lowest BCUT2D eigenvalue weighted by Crippen LogP contribution is -2.36. The van der Waals surface area contributed by atoms with Gasteiger partial charge >= 0.3 is 0 Å². The van der Waals surface area contributed by atoms with E-state index in [-0.39, 0.29) is 52.4 Å². The Kier molecular flexibility index (Phi) is 21.6. The van der Waals surface area contributed by atoms with Crippen LogP contribution in [0.1, 0.15) is 0 Å². The van der Waals surface area contributed by atoms with E-state index in [1.165, 1.54) is 0 Å². The summed E-state index contributed by atoms with van der Waals surface area (Å²) >= 11 is 0. The first kappa shape index (κ1) is 30.0. The Bertz CT molecular complexity index is 635. The van der Waals surface area contributed by atoms with Crippen LogP contribution in [0.15, 0.2) is 0 Å². The smallest absolute Gasteiger partial charge is 0.0874 e. The van der Waals surface area contributed by atoms with Gasteiger partial charge in [0.25, 0.3) is 0 Å². The van der Waals surface area contributed by atoms with Crippen LogP contribution < -0.4 is 0 Å². The minimum atomic E-state index is 0.181. The standard InChI is InChI=1S/2C10H12N6/c2*11-1-5-15(6-2-12)9-10-16(7-3-13)8-4-14/h2*5-10H2. The molecule has 0 bridgehead atoms. The largest absolute Gasteiger partial charge is 0.276 e. The van der Waals surface area contributed by atoms with Crippen molar-refractivity contribution in [2.45, 2.75) is 0 Å². The van der Waals surface area contributed by atoms with Gasteiger partial charge in [0.15, 0.2) is 0 Å². The lowest BCUT2D eigenvalue weighted by Gasteiger charge is -2.20. The van der Waals surface area contributed by atoms with Gasteiger partial charge in [0.2, 0.25) is 0 Å². The fraction of sp³-hybridized carbons (Fsp3) is 0.600. The van der Waals surface area contributed by atoms with Crippen molar-refractivity contribution in [3.05, 3.63) is 0 Å². The van der Waals surface area contributed by atoms with Crippen LogP contribution in [0.2, 0.25) is 0 Å². The van der Waals surface area contributed by atoms with Crippen molar-refractivity contribution in [3.63, 3.8) is 0 Å². The van der Waals surface area contributed by atoms with E-state index in [2.05, 4.69) is 0 Å². The van der Waals surface area contributed by atoms with Gasteiger partial charge in [-0.05, 0) is 0 Å². The maximum atomic E-state index is 8.52. The molecule has 0 aromatic carbocycles. The van der Waals surface area contributed by atoms with Gasteiger partial charge in [0.05, 0.1) is 101 Å². The highest BCUT2D eigenvalue weighted by Gasteiger charge is 2.09. The summed E-state index contributed by atoms with van der Waals surface area (Å²) in [5.74, 6) is 0. The topological polar surface area (TPSA) is 203 Å². The molecule has 0 saturated carbocycles. The van der Waals surface area contributed by atoms with E-state index in [0.717, 1.165) is 0 Å². The van der Waals surface area contributed by atoms with Gasteiger partial charge < -0.3 is 0 Å². The monoisotopic (exact) mass is 432 g/mol. The molecule has 12 heteroatoms. The Balaban J connectivity index is 0. The quantitative estimate of drug-likeness (QED) is 0.315. The van der Waals surface area contributed by atoms with Gasteiger partial charge in [0.1, 0.15) is 0 Å². The molecule has 0 atom stereocenters. The molecular formula is C20H24N12. The molecular weight excluding hydrogens is 408 g/mol. The molecule has 0 saturated heterocycles. The van der Waals surface area contributed by atoms with Gasteiger partial charge in [-0.3, -0.25) is 19.6 Å². The summed E-state index contributed by atoms with van der Waals surface area (Å²) < 4.78 is 0. The molecule has 0 aromatic heterocycles. The fourth-order valence-electron chi connectivity index (χ4n) is 2.22. The highest BCUT2D eigenvalue weighted by Crippen LogP contribution is 1.92. The first-order chi connectivity index (χ1) is 15.6. The van der Waals surface area contributed by atoms with Crippen LogP contribution >= 0.6 is 0 Å². The zero-order chi connectivity index (χ0) is 24.5. The molecule has 0 radical (unpaired) electrons. The van der Waals surface area contributed by atoms with Crippen molar-refractivity contribution in [3.8, 4) is 48.6 Å². The molecule has 12 nitrogen and oxygen atoms in total. The van der Waals surface area contributed by atoms with Gasteiger partial charge in [-0.25, -0.2) is 0 Å². The van der Waals surface area contributed by atoms with E-state index in [1.807, 2.05) is 48.6 Å². The highest BCUT2D eigenvalue weighted by molar-refractivity contribution is 4.88. The van der Waals surface area contributed by atoms with E-state index in [4.69, 9.17) is 42.1 Å². The molecule has 0 aromatic rings. The van der Waals surface area contributed by atoms with Crippen LogP contribution in [0.25, 0.3) is 0 Å². The van der Waals surface area contributed by atoms with Gasteiger partial charge in [-0.1, -0.05) is 0 Å². The Labute approximate surface area is 189 Å². The summed E-state index contributed by atoms with van der Waals surface area (Å²) in [5, 5.41) is 68.1. The molecule has 164 valence electrons. The molecule has 0 rings (SSSR count). The van der Waals surface area contributed by atoms with E-state index >= 15 is 0 Å². The predicted octanol–water partition coefficient (Wildman–Crippen LogP) is -0.631. The molecule has 0 N–H and O–H groups in total. The maximum absolute atomic E-state index is 8.52. The van der Waals surface area contributed by atoms with Crippen LogP contribution in [0.5, 0.6) is 0 Å². The van der Waals surface area contributed by atoms with Crippen LogP contribution in [0, 0.1) is 90.6 Å². The summed E-state index contributed by atoms with van der Waals surface area (Å²) in [6, 6.07) is 15.7. The van der Waals surface area contributed by atoms with Crippen LogP contribution in [0.3, 0.4) is 0 Å². The molecule has 0 aliphatic rings. The second-order valence-corrected chi connectivity index (χ2v) is 6.11. The number of nitrogens with zero attached hydrogens (tertiary/aromatic N) is 12. The lowest BCUT2D eigenvalue weighted by atomic mass is 10.4. The van der Waals surface area contributed by atoms with Crippen LogP contribution in [-0.2, 0) is 0 Å². The molecule has 0 aliphatic carbocycles. The van der Waals surface area contributed by atoms with Gasteiger partial charge in [0, 0.05) is 26.2 Å². The summed E-state index contributed by atoms with van der Waals surface area (Å²) in [4.78, 5) is 6.67. The lowest BCUT2D eigenvalue weighted by molar-refractivity contribution is 0.261. The number of hydrogen-bond donors (Lipinski definition) is 0. The van der Waals surface area contributed by atoms with Crippen molar-refractivity contribution in [2.75, 3.05) is 78.5 Å². The van der Waals surface area contributed by atoms with Crippen molar-refractivity contribution in [1.29, 1.82) is 42.1 Å². The first-order valence-electron chi connectivity index (χ1n) is 9.41. The van der Waals surface area contributed by atoms with E-state index in [0.29, 0.717) is 26.2 Å². The zero-order valence-corrected chi connectivity index (χ0v) is 17.9. The van der Waals surface area contributed by atoms with Crippen molar-refractivity contribution < 1.29 is 0 Å². The number of nitriles is 8. The molecule has 0 unspecified atom stereocenters. The van der Waals surface area contributed by atoms with Gasteiger partial charge in [-0.15, -0.1) is 0 Å². The fourth-order valence-corrected chi connectivity index (χ4v) is 2.22. The first-order valence-corrected chi connectivity index (χ1v) is 9.41. The zero-order valence-electron chi connectivity index (χ0n) is 17.9. The Morgan fingerprint density at radius 2 is 0.406 bits per heavy atom. The third kappa shape index (κ3) is 17.8. The molecule has 0 spiro atoms. The minimum absolute atomic E-state index is 0.181.